The molecule has 1 saturated heterocycles. The summed E-state index contributed by atoms with van der Waals surface area (Å²) in [5, 5.41) is 4.86. The number of quaternary nitrogens is 1. The highest BCUT2D eigenvalue weighted by molar-refractivity contribution is 6.08. The number of likely N-dealkylation sites (N-methyl/N-ethyl adjacent to an activating group) is 1. The molecule has 0 radical (unpaired) electrons. The van der Waals surface area contributed by atoms with Gasteiger partial charge in [0.1, 0.15) is 16.9 Å². The van der Waals surface area contributed by atoms with E-state index < -0.39 is 6.04 Å². The van der Waals surface area contributed by atoms with Gasteiger partial charge in [-0.3, -0.25) is 9.59 Å². The van der Waals surface area contributed by atoms with Crippen LogP contribution in [-0.2, 0) is 14.3 Å². The first-order valence-electron chi connectivity index (χ1n) is 10.5. The van der Waals surface area contributed by atoms with Crippen LogP contribution in [0.15, 0.2) is 40.8 Å². The molecule has 0 spiro atoms. The summed E-state index contributed by atoms with van der Waals surface area (Å²) in [5.74, 6) is 0.393. The van der Waals surface area contributed by atoms with Crippen molar-refractivity contribution in [2.24, 2.45) is 0 Å². The highest BCUT2D eigenvalue weighted by Crippen LogP contribution is 2.36. The van der Waals surface area contributed by atoms with E-state index in [9.17, 15) is 9.59 Å². The van der Waals surface area contributed by atoms with Gasteiger partial charge in [0.2, 0.25) is 0 Å². The van der Waals surface area contributed by atoms with Crippen LogP contribution in [0.4, 0.5) is 5.69 Å². The number of carbonyl (C=O) groups is 2. The average molecular weight is 426 g/mol. The number of ether oxygens (including phenoxy) is 2. The van der Waals surface area contributed by atoms with Crippen molar-refractivity contribution in [2.45, 2.75) is 13.0 Å². The van der Waals surface area contributed by atoms with Gasteiger partial charge >= 0.3 is 0 Å². The SMILES string of the molecule is COc1cc2c(cc1NC(=O)[C@@H](C)[NH+](C)CC(=O)N1CCOCC1)oc1ccccc12. The summed E-state index contributed by atoms with van der Waals surface area (Å²) in [6.07, 6.45) is 0. The molecule has 3 aromatic rings. The van der Waals surface area contributed by atoms with Gasteiger partial charge in [-0.15, -0.1) is 0 Å². The minimum atomic E-state index is -0.430. The number of methoxy groups -OCH3 is 1. The highest BCUT2D eigenvalue weighted by Gasteiger charge is 2.27. The third-order valence-corrected chi connectivity index (χ3v) is 5.88. The number of hydrogen-bond donors (Lipinski definition) is 2. The summed E-state index contributed by atoms with van der Waals surface area (Å²) in [7, 11) is 3.42. The van der Waals surface area contributed by atoms with E-state index in [1.54, 1.807) is 18.1 Å². The maximum atomic E-state index is 12.9. The first-order valence-corrected chi connectivity index (χ1v) is 10.5. The van der Waals surface area contributed by atoms with Gasteiger partial charge in [0.05, 0.1) is 33.1 Å². The molecular weight excluding hydrogens is 398 g/mol. The van der Waals surface area contributed by atoms with E-state index in [1.165, 1.54) is 0 Å². The van der Waals surface area contributed by atoms with Crippen LogP contribution in [0.3, 0.4) is 0 Å². The van der Waals surface area contributed by atoms with Crippen molar-refractivity contribution < 1.29 is 28.4 Å². The molecule has 1 aliphatic heterocycles. The second-order valence-corrected chi connectivity index (χ2v) is 7.87. The Bertz CT molecular complexity index is 1100. The monoisotopic (exact) mass is 426 g/mol. The van der Waals surface area contributed by atoms with Crippen LogP contribution in [0.1, 0.15) is 6.92 Å². The molecule has 164 valence electrons. The van der Waals surface area contributed by atoms with Gasteiger partial charge in [0.25, 0.3) is 11.8 Å². The molecule has 1 aromatic heterocycles. The van der Waals surface area contributed by atoms with Gasteiger partial charge < -0.3 is 29.0 Å². The molecule has 8 nitrogen and oxygen atoms in total. The number of nitrogens with zero attached hydrogens (tertiary/aromatic N) is 1. The van der Waals surface area contributed by atoms with Gasteiger partial charge in [0.15, 0.2) is 12.6 Å². The lowest BCUT2D eigenvalue weighted by Crippen LogP contribution is -3.15. The van der Waals surface area contributed by atoms with Gasteiger partial charge in [0, 0.05) is 29.9 Å². The number of amides is 2. The summed E-state index contributed by atoms with van der Waals surface area (Å²) in [6, 6.07) is 11.0. The lowest BCUT2D eigenvalue weighted by molar-refractivity contribution is -0.886. The largest absolute Gasteiger partial charge is 0.495 e. The number of nitrogens with one attached hydrogen (secondary N) is 2. The van der Waals surface area contributed by atoms with Crippen LogP contribution >= 0.6 is 0 Å². The fraction of sp³-hybridized carbons (Fsp3) is 0.391. The molecule has 4 rings (SSSR count). The number of carbonyl (C=O) groups excluding carboxylic acids is 2. The number of anilines is 1. The van der Waals surface area contributed by atoms with Crippen molar-refractivity contribution in [1.29, 1.82) is 0 Å². The van der Waals surface area contributed by atoms with E-state index in [4.69, 9.17) is 13.9 Å². The van der Waals surface area contributed by atoms with Gasteiger partial charge in [-0.25, -0.2) is 0 Å². The van der Waals surface area contributed by atoms with Crippen molar-refractivity contribution in [3.05, 3.63) is 36.4 Å². The molecule has 8 heteroatoms. The minimum Gasteiger partial charge on any atom is -0.495 e. The molecule has 2 heterocycles. The minimum absolute atomic E-state index is 0.0294. The predicted octanol–water partition coefficient (Wildman–Crippen LogP) is 1.30. The Balaban J connectivity index is 1.48. The van der Waals surface area contributed by atoms with Crippen molar-refractivity contribution in [1.82, 2.24) is 4.90 Å². The number of benzene rings is 2. The Kier molecular flexibility index (Phi) is 6.11. The van der Waals surface area contributed by atoms with E-state index in [2.05, 4.69) is 5.32 Å². The van der Waals surface area contributed by atoms with Gasteiger partial charge in [-0.1, -0.05) is 18.2 Å². The summed E-state index contributed by atoms with van der Waals surface area (Å²) in [4.78, 5) is 28.0. The quantitative estimate of drug-likeness (QED) is 0.621. The Morgan fingerprint density at radius 3 is 2.65 bits per heavy atom. The molecule has 2 aromatic carbocycles. The van der Waals surface area contributed by atoms with E-state index in [0.29, 0.717) is 43.3 Å². The number of fused-ring (bicyclic) bond motifs is 3. The fourth-order valence-corrected chi connectivity index (χ4v) is 3.80. The van der Waals surface area contributed by atoms with E-state index in [1.807, 2.05) is 44.3 Å². The Hall–Kier alpha value is -3.10. The summed E-state index contributed by atoms with van der Waals surface area (Å²) in [5.41, 5.74) is 1.99. The van der Waals surface area contributed by atoms with Crippen LogP contribution in [-0.4, -0.2) is 69.8 Å². The normalized spacial score (nSPS) is 16.3. The lowest BCUT2D eigenvalue weighted by atomic mass is 10.1. The Morgan fingerprint density at radius 1 is 1.16 bits per heavy atom. The number of morpholine rings is 1. The standard InChI is InChI=1S/C23H27N3O5/c1-15(25(2)14-22(27)26-8-10-30-11-9-26)23(28)24-18-13-20-17(12-21(18)29-3)16-6-4-5-7-19(16)31-20/h4-7,12-13,15H,8-11,14H2,1-3H3,(H,24,28)/p+1/t15-/m1/s1. The second kappa shape index (κ2) is 8.95. The first kappa shape index (κ1) is 21.1. The molecule has 1 aliphatic rings. The summed E-state index contributed by atoms with van der Waals surface area (Å²) >= 11 is 0. The van der Waals surface area contributed by atoms with Crippen LogP contribution in [0.5, 0.6) is 5.75 Å². The van der Waals surface area contributed by atoms with E-state index in [-0.39, 0.29) is 18.4 Å². The second-order valence-electron chi connectivity index (χ2n) is 7.87. The van der Waals surface area contributed by atoms with Crippen LogP contribution in [0.25, 0.3) is 21.9 Å². The Morgan fingerprint density at radius 2 is 1.90 bits per heavy atom. The van der Waals surface area contributed by atoms with Gasteiger partial charge in [-0.2, -0.15) is 0 Å². The van der Waals surface area contributed by atoms with Crippen LogP contribution < -0.4 is 15.0 Å². The smallest absolute Gasteiger partial charge is 0.282 e. The molecule has 1 unspecified atom stereocenters. The maximum absolute atomic E-state index is 12.9. The van der Waals surface area contributed by atoms with Crippen molar-refractivity contribution in [3.8, 4) is 5.75 Å². The maximum Gasteiger partial charge on any atom is 0.282 e. The van der Waals surface area contributed by atoms with Crippen molar-refractivity contribution >= 4 is 39.4 Å². The zero-order valence-corrected chi connectivity index (χ0v) is 18.1. The molecule has 2 amide bonds. The first-order chi connectivity index (χ1) is 15.0. The highest BCUT2D eigenvalue weighted by atomic mass is 16.5. The molecule has 0 saturated carbocycles. The topological polar surface area (TPSA) is 85.5 Å². The van der Waals surface area contributed by atoms with Crippen molar-refractivity contribution in [2.75, 3.05) is 52.3 Å². The Labute approximate surface area is 180 Å². The third-order valence-electron chi connectivity index (χ3n) is 5.88. The zero-order chi connectivity index (χ0) is 22.0. The predicted molar refractivity (Wildman–Crippen MR) is 118 cm³/mol. The number of rotatable bonds is 6. The van der Waals surface area contributed by atoms with Gasteiger partial charge in [-0.05, 0) is 19.1 Å². The summed E-state index contributed by atoms with van der Waals surface area (Å²) < 4.78 is 16.7. The summed E-state index contributed by atoms with van der Waals surface area (Å²) in [6.45, 7) is 4.37. The molecule has 1 fully saturated rings. The lowest BCUT2D eigenvalue weighted by Gasteiger charge is -2.28. The van der Waals surface area contributed by atoms with Crippen LogP contribution in [0, 0.1) is 0 Å². The van der Waals surface area contributed by atoms with Crippen molar-refractivity contribution in [3.63, 3.8) is 0 Å². The molecule has 2 atom stereocenters. The van der Waals surface area contributed by atoms with E-state index in [0.717, 1.165) is 21.3 Å². The fourth-order valence-electron chi connectivity index (χ4n) is 3.80. The zero-order valence-electron chi connectivity index (χ0n) is 18.1. The number of hydrogen-bond acceptors (Lipinski definition) is 5. The number of para-hydroxylation sites is 1. The third kappa shape index (κ3) is 4.35. The molecule has 2 N–H and O–H groups in total. The number of furan rings is 1. The van der Waals surface area contributed by atoms with Crippen LogP contribution in [0.2, 0.25) is 0 Å². The molecule has 31 heavy (non-hydrogen) atoms. The molecular formula is C23H28N3O5+. The molecule has 0 aliphatic carbocycles. The average Bonchev–Trinajstić information content (AvgIpc) is 3.15. The van der Waals surface area contributed by atoms with E-state index >= 15 is 0 Å². The molecule has 0 bridgehead atoms.